The number of benzene rings is 1. The first-order valence-corrected chi connectivity index (χ1v) is 4.60. The number of rotatable bonds is 2. The number of hydrogen-bond acceptors (Lipinski definition) is 3. The van der Waals surface area contributed by atoms with Gasteiger partial charge in [0.15, 0.2) is 0 Å². The summed E-state index contributed by atoms with van der Waals surface area (Å²) in [5, 5.41) is 18.9. The van der Waals surface area contributed by atoms with Crippen LogP contribution in [0.1, 0.15) is 25.3 Å². The van der Waals surface area contributed by atoms with Crippen molar-refractivity contribution in [3.05, 3.63) is 23.8 Å². The van der Waals surface area contributed by atoms with Crippen LogP contribution in [0, 0.1) is 0 Å². The van der Waals surface area contributed by atoms with Gasteiger partial charge in [-0.3, -0.25) is 4.79 Å². The van der Waals surface area contributed by atoms with Gasteiger partial charge in [-0.05, 0) is 38.0 Å². The van der Waals surface area contributed by atoms with E-state index in [0.717, 1.165) is 12.8 Å². The van der Waals surface area contributed by atoms with Crippen LogP contribution in [0.25, 0.3) is 0 Å². The van der Waals surface area contributed by atoms with Crippen LogP contribution in [0.5, 0.6) is 11.5 Å². The summed E-state index contributed by atoms with van der Waals surface area (Å²) in [5.41, 5.74) is 0.0352. The average Bonchev–Trinajstić information content (AvgIpc) is 2.90. The van der Waals surface area contributed by atoms with Crippen molar-refractivity contribution >= 4 is 5.78 Å². The Labute approximate surface area is 82.0 Å². The normalized spacial score (nSPS) is 17.8. The lowest BCUT2D eigenvalue weighted by Crippen LogP contribution is -2.16. The van der Waals surface area contributed by atoms with Crippen molar-refractivity contribution in [1.29, 1.82) is 0 Å². The third-order valence-electron chi connectivity index (χ3n) is 2.92. The molecule has 0 atom stereocenters. The quantitative estimate of drug-likeness (QED) is 0.701. The number of Topliss-reactive ketones (excluding diaryl/α,β-unsaturated/α-hetero) is 1. The largest absolute Gasteiger partial charge is 0.508 e. The van der Waals surface area contributed by atoms with Gasteiger partial charge in [0.1, 0.15) is 17.3 Å². The van der Waals surface area contributed by atoms with Crippen molar-refractivity contribution in [1.82, 2.24) is 0 Å². The summed E-state index contributed by atoms with van der Waals surface area (Å²) >= 11 is 0. The SMILES string of the molecule is CC(=O)C1(c2cc(O)ccc2O)CC1. The van der Waals surface area contributed by atoms with Gasteiger partial charge in [-0.25, -0.2) is 0 Å². The monoisotopic (exact) mass is 192 g/mol. The Balaban J connectivity index is 2.51. The van der Waals surface area contributed by atoms with E-state index < -0.39 is 5.41 Å². The topological polar surface area (TPSA) is 57.5 Å². The summed E-state index contributed by atoms with van der Waals surface area (Å²) in [6.45, 7) is 1.52. The minimum Gasteiger partial charge on any atom is -0.508 e. The molecule has 0 spiro atoms. The molecule has 1 fully saturated rings. The van der Waals surface area contributed by atoms with Gasteiger partial charge in [0.05, 0.1) is 5.41 Å². The molecule has 14 heavy (non-hydrogen) atoms. The molecule has 0 amide bonds. The predicted octanol–water partition coefficient (Wildman–Crippen LogP) is 1.72. The second-order valence-electron chi connectivity index (χ2n) is 3.84. The summed E-state index contributed by atoms with van der Waals surface area (Å²) in [6, 6.07) is 4.31. The maximum atomic E-state index is 11.4. The van der Waals surface area contributed by atoms with E-state index in [-0.39, 0.29) is 17.3 Å². The molecular formula is C11H12O3. The van der Waals surface area contributed by atoms with Crippen LogP contribution >= 0.6 is 0 Å². The summed E-state index contributed by atoms with van der Waals surface area (Å²) in [7, 11) is 0. The molecule has 1 saturated carbocycles. The molecule has 3 nitrogen and oxygen atoms in total. The van der Waals surface area contributed by atoms with Gasteiger partial charge in [0, 0.05) is 5.56 Å². The highest BCUT2D eigenvalue weighted by molar-refractivity contribution is 5.92. The maximum absolute atomic E-state index is 11.4. The van der Waals surface area contributed by atoms with Gasteiger partial charge >= 0.3 is 0 Å². The second kappa shape index (κ2) is 2.74. The Morgan fingerprint density at radius 2 is 2.00 bits per heavy atom. The molecule has 1 aliphatic rings. The van der Waals surface area contributed by atoms with Gasteiger partial charge in [-0.1, -0.05) is 0 Å². The lowest BCUT2D eigenvalue weighted by atomic mass is 9.91. The van der Waals surface area contributed by atoms with E-state index in [2.05, 4.69) is 0 Å². The first-order chi connectivity index (χ1) is 6.56. The Kier molecular flexibility index (Phi) is 1.77. The van der Waals surface area contributed by atoms with Gasteiger partial charge in [-0.2, -0.15) is 0 Å². The van der Waals surface area contributed by atoms with Crippen LogP contribution < -0.4 is 0 Å². The van der Waals surface area contributed by atoms with Crippen LogP contribution in [0.2, 0.25) is 0 Å². The van der Waals surface area contributed by atoms with Crippen molar-refractivity contribution in [2.45, 2.75) is 25.2 Å². The number of phenols is 2. The molecule has 1 aliphatic carbocycles. The Bertz CT molecular complexity index is 392. The Hall–Kier alpha value is -1.51. The van der Waals surface area contributed by atoms with Crippen LogP contribution in [0.15, 0.2) is 18.2 Å². The molecular weight excluding hydrogens is 180 g/mol. The standard InChI is InChI=1S/C11H12O3/c1-7(12)11(4-5-11)9-6-8(13)2-3-10(9)14/h2-3,6,13-14H,4-5H2,1H3. The van der Waals surface area contributed by atoms with Crippen LogP contribution in [-0.2, 0) is 10.2 Å². The van der Waals surface area contributed by atoms with E-state index >= 15 is 0 Å². The van der Waals surface area contributed by atoms with Crippen molar-refractivity contribution in [2.75, 3.05) is 0 Å². The second-order valence-corrected chi connectivity index (χ2v) is 3.84. The summed E-state index contributed by atoms with van der Waals surface area (Å²) in [4.78, 5) is 11.4. The van der Waals surface area contributed by atoms with Crippen LogP contribution in [0.4, 0.5) is 0 Å². The van der Waals surface area contributed by atoms with Gasteiger partial charge < -0.3 is 10.2 Å². The van der Waals surface area contributed by atoms with E-state index in [1.165, 1.54) is 25.1 Å². The third-order valence-corrected chi connectivity index (χ3v) is 2.92. The van der Waals surface area contributed by atoms with Crippen molar-refractivity contribution in [2.24, 2.45) is 0 Å². The number of phenolic OH excluding ortho intramolecular Hbond substituents is 2. The minimum atomic E-state index is -0.525. The Morgan fingerprint density at radius 3 is 2.50 bits per heavy atom. The van der Waals surface area contributed by atoms with Gasteiger partial charge in [0.2, 0.25) is 0 Å². The number of carbonyl (C=O) groups excluding carboxylic acids is 1. The van der Waals surface area contributed by atoms with Gasteiger partial charge in [-0.15, -0.1) is 0 Å². The summed E-state index contributed by atoms with van der Waals surface area (Å²) in [5.74, 6) is 0.235. The number of hydrogen-bond donors (Lipinski definition) is 2. The van der Waals surface area contributed by atoms with Crippen molar-refractivity contribution < 1.29 is 15.0 Å². The first-order valence-electron chi connectivity index (χ1n) is 4.60. The smallest absolute Gasteiger partial charge is 0.140 e. The number of ketones is 1. The third kappa shape index (κ3) is 1.16. The zero-order chi connectivity index (χ0) is 10.3. The van der Waals surface area contributed by atoms with E-state index in [9.17, 15) is 15.0 Å². The van der Waals surface area contributed by atoms with E-state index in [1.54, 1.807) is 0 Å². The number of aromatic hydroxyl groups is 2. The molecule has 0 heterocycles. The zero-order valence-electron chi connectivity index (χ0n) is 7.95. The maximum Gasteiger partial charge on any atom is 0.140 e. The van der Waals surface area contributed by atoms with Crippen molar-refractivity contribution in [3.8, 4) is 11.5 Å². The summed E-state index contributed by atoms with van der Waals surface area (Å²) in [6.07, 6.45) is 1.53. The minimum absolute atomic E-state index is 0.0541. The lowest BCUT2D eigenvalue weighted by Gasteiger charge is -2.13. The molecule has 0 radical (unpaired) electrons. The molecule has 0 unspecified atom stereocenters. The van der Waals surface area contributed by atoms with E-state index in [4.69, 9.17) is 0 Å². The molecule has 1 aromatic rings. The van der Waals surface area contributed by atoms with Crippen LogP contribution in [0.3, 0.4) is 0 Å². The fourth-order valence-electron chi connectivity index (χ4n) is 1.84. The molecule has 1 aromatic carbocycles. The summed E-state index contributed by atoms with van der Waals surface area (Å²) < 4.78 is 0. The fourth-order valence-corrected chi connectivity index (χ4v) is 1.84. The highest BCUT2D eigenvalue weighted by Crippen LogP contribution is 2.52. The molecule has 74 valence electrons. The number of carbonyl (C=O) groups is 1. The van der Waals surface area contributed by atoms with Gasteiger partial charge in [0.25, 0.3) is 0 Å². The predicted molar refractivity (Wildman–Crippen MR) is 51.4 cm³/mol. The highest BCUT2D eigenvalue weighted by Gasteiger charge is 2.50. The fraction of sp³-hybridized carbons (Fsp3) is 0.364. The molecule has 0 aromatic heterocycles. The molecule has 0 bridgehead atoms. The molecule has 0 saturated heterocycles. The lowest BCUT2D eigenvalue weighted by molar-refractivity contribution is -0.119. The molecule has 0 aliphatic heterocycles. The highest BCUT2D eigenvalue weighted by atomic mass is 16.3. The molecule has 2 rings (SSSR count). The van der Waals surface area contributed by atoms with Crippen molar-refractivity contribution in [3.63, 3.8) is 0 Å². The molecule has 3 heteroatoms. The zero-order valence-corrected chi connectivity index (χ0v) is 7.95. The van der Waals surface area contributed by atoms with Crippen LogP contribution in [-0.4, -0.2) is 16.0 Å². The first kappa shape index (κ1) is 9.06. The average molecular weight is 192 g/mol. The van der Waals surface area contributed by atoms with E-state index in [0.29, 0.717) is 5.56 Å². The Morgan fingerprint density at radius 1 is 1.36 bits per heavy atom. The van der Waals surface area contributed by atoms with E-state index in [1.807, 2.05) is 0 Å². The molecule has 2 N–H and O–H groups in total.